The third kappa shape index (κ3) is 1.84. The van der Waals surface area contributed by atoms with Crippen molar-refractivity contribution < 1.29 is 13.2 Å². The Hall–Kier alpha value is -1.45. The molecule has 0 fully saturated rings. The molecule has 1 aliphatic rings. The van der Waals surface area contributed by atoms with E-state index in [0.29, 0.717) is 0 Å². The SMILES string of the molecule is CN1C=C(C(F)(F)F)Cc2ccccc21. The fourth-order valence-corrected chi connectivity index (χ4v) is 1.73. The number of hydrogen-bond donors (Lipinski definition) is 0. The highest BCUT2D eigenvalue weighted by Crippen LogP contribution is 2.35. The second kappa shape index (κ2) is 3.29. The van der Waals surface area contributed by atoms with E-state index in [1.165, 1.54) is 4.90 Å². The molecule has 1 aromatic rings. The first-order valence-corrected chi connectivity index (χ1v) is 4.57. The van der Waals surface area contributed by atoms with Gasteiger partial charge in [0, 0.05) is 25.4 Å². The molecule has 0 unspecified atom stereocenters. The predicted octanol–water partition coefficient (Wildman–Crippen LogP) is 3.13. The summed E-state index contributed by atoms with van der Waals surface area (Å²) in [6.07, 6.45) is -3.12. The van der Waals surface area contributed by atoms with E-state index in [1.54, 1.807) is 19.2 Å². The van der Waals surface area contributed by atoms with Crippen LogP contribution in [0.5, 0.6) is 0 Å². The second-order valence-electron chi connectivity index (χ2n) is 3.57. The maximum absolute atomic E-state index is 12.5. The van der Waals surface area contributed by atoms with Gasteiger partial charge in [0.1, 0.15) is 0 Å². The van der Waals surface area contributed by atoms with Crippen LogP contribution in [0, 0.1) is 0 Å². The lowest BCUT2D eigenvalue weighted by Crippen LogP contribution is -2.24. The Balaban J connectivity index is 2.40. The smallest absolute Gasteiger partial charge is 0.351 e. The second-order valence-corrected chi connectivity index (χ2v) is 3.57. The molecule has 80 valence electrons. The highest BCUT2D eigenvalue weighted by Gasteiger charge is 2.36. The van der Waals surface area contributed by atoms with Crippen LogP contribution >= 0.6 is 0 Å². The lowest BCUT2D eigenvalue weighted by Gasteiger charge is -2.26. The molecule has 2 rings (SSSR count). The summed E-state index contributed by atoms with van der Waals surface area (Å²) in [4.78, 5) is 1.52. The van der Waals surface area contributed by atoms with Gasteiger partial charge >= 0.3 is 6.18 Å². The number of nitrogens with zero attached hydrogens (tertiary/aromatic N) is 1. The Morgan fingerprint density at radius 2 is 1.87 bits per heavy atom. The summed E-state index contributed by atoms with van der Waals surface area (Å²) in [5.74, 6) is 0. The summed E-state index contributed by atoms with van der Waals surface area (Å²) in [5.41, 5.74) is 1.06. The van der Waals surface area contributed by atoms with Gasteiger partial charge in [0.2, 0.25) is 0 Å². The normalized spacial score (nSPS) is 16.0. The summed E-state index contributed by atoms with van der Waals surface area (Å²) in [6, 6.07) is 7.12. The summed E-state index contributed by atoms with van der Waals surface area (Å²) in [6.45, 7) is 0. The zero-order valence-electron chi connectivity index (χ0n) is 8.17. The quantitative estimate of drug-likeness (QED) is 0.640. The van der Waals surface area contributed by atoms with Crippen molar-refractivity contribution in [2.24, 2.45) is 0 Å². The molecule has 0 N–H and O–H groups in total. The maximum Gasteiger partial charge on any atom is 0.414 e. The lowest BCUT2D eigenvalue weighted by atomic mass is 10.00. The van der Waals surface area contributed by atoms with Gasteiger partial charge in [-0.2, -0.15) is 13.2 Å². The number of halogens is 3. The van der Waals surface area contributed by atoms with Crippen molar-refractivity contribution in [1.82, 2.24) is 0 Å². The third-order valence-electron chi connectivity index (χ3n) is 2.47. The minimum absolute atomic E-state index is 0.0377. The van der Waals surface area contributed by atoms with Crippen LogP contribution in [0.3, 0.4) is 0 Å². The molecule has 0 amide bonds. The van der Waals surface area contributed by atoms with E-state index < -0.39 is 11.7 Å². The summed E-state index contributed by atoms with van der Waals surface area (Å²) >= 11 is 0. The molecule has 0 spiro atoms. The number of hydrogen-bond acceptors (Lipinski definition) is 1. The van der Waals surface area contributed by atoms with Gasteiger partial charge in [-0.05, 0) is 11.6 Å². The molecule has 0 aromatic heterocycles. The molecule has 1 nitrogen and oxygen atoms in total. The predicted molar refractivity (Wildman–Crippen MR) is 52.7 cm³/mol. The fourth-order valence-electron chi connectivity index (χ4n) is 1.73. The molecular weight excluding hydrogens is 203 g/mol. The van der Waals surface area contributed by atoms with Gasteiger partial charge in [0.25, 0.3) is 0 Å². The molecule has 1 aromatic carbocycles. The van der Waals surface area contributed by atoms with Gasteiger partial charge in [-0.3, -0.25) is 0 Å². The van der Waals surface area contributed by atoms with Crippen LogP contribution in [0.15, 0.2) is 36.0 Å². The van der Waals surface area contributed by atoms with E-state index in [2.05, 4.69) is 0 Å². The Kier molecular flexibility index (Phi) is 2.21. The van der Waals surface area contributed by atoms with E-state index in [9.17, 15) is 13.2 Å². The standard InChI is InChI=1S/C11H10F3N/c1-15-7-9(11(12,13)14)6-8-4-2-3-5-10(8)15/h2-5,7H,6H2,1H3. The van der Waals surface area contributed by atoms with Crippen LogP contribution in [0.1, 0.15) is 5.56 Å². The molecule has 0 radical (unpaired) electrons. The van der Waals surface area contributed by atoms with Gasteiger partial charge in [0.05, 0.1) is 5.57 Å². The van der Waals surface area contributed by atoms with Gasteiger partial charge < -0.3 is 4.90 Å². The number of benzene rings is 1. The first-order chi connectivity index (χ1) is 6.98. The van der Waals surface area contributed by atoms with E-state index in [0.717, 1.165) is 17.5 Å². The monoisotopic (exact) mass is 213 g/mol. The number of rotatable bonds is 0. The molecule has 1 aliphatic heterocycles. The molecular formula is C11H10F3N. The van der Waals surface area contributed by atoms with Crippen molar-refractivity contribution in [3.63, 3.8) is 0 Å². The Morgan fingerprint density at radius 1 is 1.20 bits per heavy atom. The van der Waals surface area contributed by atoms with Crippen LogP contribution in [-0.4, -0.2) is 13.2 Å². The highest BCUT2D eigenvalue weighted by atomic mass is 19.4. The molecule has 0 atom stereocenters. The van der Waals surface area contributed by atoms with Crippen LogP contribution in [0.2, 0.25) is 0 Å². The molecule has 15 heavy (non-hydrogen) atoms. The largest absolute Gasteiger partial charge is 0.414 e. The van der Waals surface area contributed by atoms with E-state index >= 15 is 0 Å². The number of anilines is 1. The average Bonchev–Trinajstić information content (AvgIpc) is 2.16. The van der Waals surface area contributed by atoms with Crippen LogP contribution in [0.4, 0.5) is 18.9 Å². The summed E-state index contributed by atoms with van der Waals surface area (Å²) in [5, 5.41) is 0. The zero-order chi connectivity index (χ0) is 11.1. The minimum Gasteiger partial charge on any atom is -0.351 e. The topological polar surface area (TPSA) is 3.24 Å². The summed E-state index contributed by atoms with van der Waals surface area (Å²) in [7, 11) is 1.63. The van der Waals surface area contributed by atoms with Crippen molar-refractivity contribution in [1.29, 1.82) is 0 Å². The fraction of sp³-hybridized carbons (Fsp3) is 0.273. The number of para-hydroxylation sites is 1. The molecule has 4 heteroatoms. The maximum atomic E-state index is 12.5. The third-order valence-corrected chi connectivity index (χ3v) is 2.47. The van der Waals surface area contributed by atoms with Gasteiger partial charge in [-0.25, -0.2) is 0 Å². The molecule has 0 aliphatic carbocycles. The van der Waals surface area contributed by atoms with Crippen LogP contribution in [0.25, 0.3) is 0 Å². The zero-order valence-corrected chi connectivity index (χ0v) is 8.17. The Bertz CT molecular complexity index is 407. The molecule has 0 saturated heterocycles. The Labute approximate surface area is 85.8 Å². The van der Waals surface area contributed by atoms with Gasteiger partial charge in [-0.15, -0.1) is 0 Å². The van der Waals surface area contributed by atoms with Crippen molar-refractivity contribution in [3.05, 3.63) is 41.6 Å². The van der Waals surface area contributed by atoms with Crippen molar-refractivity contribution >= 4 is 5.69 Å². The van der Waals surface area contributed by atoms with Crippen LogP contribution in [-0.2, 0) is 6.42 Å². The first-order valence-electron chi connectivity index (χ1n) is 4.57. The van der Waals surface area contributed by atoms with Crippen molar-refractivity contribution in [2.75, 3.05) is 11.9 Å². The Morgan fingerprint density at radius 3 is 2.53 bits per heavy atom. The molecule has 0 bridgehead atoms. The minimum atomic E-state index is -4.23. The van der Waals surface area contributed by atoms with E-state index in [1.807, 2.05) is 12.1 Å². The van der Waals surface area contributed by atoms with Crippen LogP contribution < -0.4 is 4.90 Å². The van der Waals surface area contributed by atoms with E-state index in [4.69, 9.17) is 0 Å². The number of fused-ring (bicyclic) bond motifs is 1. The first kappa shape index (κ1) is 10.1. The van der Waals surface area contributed by atoms with Crippen molar-refractivity contribution in [3.8, 4) is 0 Å². The van der Waals surface area contributed by atoms with E-state index in [-0.39, 0.29) is 6.42 Å². The average molecular weight is 213 g/mol. The van der Waals surface area contributed by atoms with Gasteiger partial charge in [0.15, 0.2) is 0 Å². The molecule has 1 heterocycles. The number of alkyl halides is 3. The van der Waals surface area contributed by atoms with Gasteiger partial charge in [-0.1, -0.05) is 18.2 Å². The van der Waals surface area contributed by atoms with Crippen molar-refractivity contribution in [2.45, 2.75) is 12.6 Å². The lowest BCUT2D eigenvalue weighted by molar-refractivity contribution is -0.0935. The summed E-state index contributed by atoms with van der Waals surface area (Å²) < 4.78 is 37.5. The molecule has 0 saturated carbocycles. The highest BCUT2D eigenvalue weighted by molar-refractivity contribution is 5.59. The number of allylic oxidation sites excluding steroid dienone is 1.